The molecule has 0 unspecified atom stereocenters. The van der Waals surface area contributed by atoms with Crippen molar-refractivity contribution in [3.63, 3.8) is 0 Å². The molecule has 0 fully saturated rings. The van der Waals surface area contributed by atoms with Gasteiger partial charge >= 0.3 is 6.03 Å². The first-order chi connectivity index (χ1) is 14.4. The van der Waals surface area contributed by atoms with Crippen LogP contribution in [0.5, 0.6) is 5.75 Å². The van der Waals surface area contributed by atoms with Crippen LogP contribution >= 0.6 is 0 Å². The Morgan fingerprint density at radius 3 is 2.50 bits per heavy atom. The highest BCUT2D eigenvalue weighted by Crippen LogP contribution is 2.23. The van der Waals surface area contributed by atoms with Gasteiger partial charge < -0.3 is 15.4 Å². The van der Waals surface area contributed by atoms with Crippen LogP contribution in [-0.4, -0.2) is 26.5 Å². The van der Waals surface area contributed by atoms with Gasteiger partial charge in [0.15, 0.2) is 9.84 Å². The summed E-state index contributed by atoms with van der Waals surface area (Å²) in [6.07, 6.45) is 3.33. The molecule has 2 N–H and O–H groups in total. The summed E-state index contributed by atoms with van der Waals surface area (Å²) in [6, 6.07) is 14.7. The molecule has 0 bridgehead atoms. The third-order valence-electron chi connectivity index (χ3n) is 4.48. The van der Waals surface area contributed by atoms with Crippen LogP contribution < -0.4 is 15.4 Å². The number of urea groups is 1. The van der Waals surface area contributed by atoms with Crippen molar-refractivity contribution in [3.8, 4) is 5.75 Å². The van der Waals surface area contributed by atoms with Crippen LogP contribution in [0.1, 0.15) is 16.7 Å². The molecule has 0 aliphatic rings. The number of amides is 2. The van der Waals surface area contributed by atoms with Crippen LogP contribution in [0.25, 0.3) is 0 Å². The average molecular weight is 426 g/mol. The first kappa shape index (κ1) is 21.3. The minimum Gasteiger partial charge on any atom is -0.496 e. The lowest BCUT2D eigenvalue weighted by Gasteiger charge is -2.10. The van der Waals surface area contributed by atoms with Gasteiger partial charge in [-0.2, -0.15) is 0 Å². The number of hydrogen-bond donors (Lipinski definition) is 2. The molecule has 0 atom stereocenters. The maximum atomic E-state index is 12.7. The fourth-order valence-electron chi connectivity index (χ4n) is 2.86. The standard InChI is InChI=1S/C22H23N3O4S/c1-16-5-6-17(12-21(16)29-2)15-30(27,28)20-9-7-19(8-10-20)25-22(26)24-14-18-4-3-11-23-13-18/h3-13H,14-15H2,1-2H3,(H2,24,25,26). The summed E-state index contributed by atoms with van der Waals surface area (Å²) in [5.41, 5.74) is 2.96. The van der Waals surface area contributed by atoms with Crippen molar-refractivity contribution in [2.45, 2.75) is 24.1 Å². The predicted octanol–water partition coefficient (Wildman–Crippen LogP) is 3.69. The van der Waals surface area contributed by atoms with Crippen molar-refractivity contribution < 1.29 is 17.9 Å². The second-order valence-electron chi connectivity index (χ2n) is 6.76. The molecule has 0 saturated carbocycles. The number of benzene rings is 2. The molecule has 1 aromatic heterocycles. The number of nitrogens with one attached hydrogen (secondary N) is 2. The van der Waals surface area contributed by atoms with E-state index in [2.05, 4.69) is 15.6 Å². The minimum absolute atomic E-state index is 0.137. The van der Waals surface area contributed by atoms with Gasteiger partial charge in [0, 0.05) is 24.6 Å². The van der Waals surface area contributed by atoms with E-state index in [1.807, 2.05) is 19.1 Å². The van der Waals surface area contributed by atoms with Crippen LogP contribution in [0.3, 0.4) is 0 Å². The van der Waals surface area contributed by atoms with E-state index in [1.54, 1.807) is 49.8 Å². The summed E-state index contributed by atoms with van der Waals surface area (Å²) in [5.74, 6) is 0.515. The Hall–Kier alpha value is -3.39. The van der Waals surface area contributed by atoms with Crippen molar-refractivity contribution in [2.24, 2.45) is 0 Å². The third-order valence-corrected chi connectivity index (χ3v) is 6.18. The first-order valence-corrected chi connectivity index (χ1v) is 10.9. The number of sulfone groups is 1. The molecule has 0 saturated heterocycles. The van der Waals surface area contributed by atoms with E-state index in [-0.39, 0.29) is 16.7 Å². The normalized spacial score (nSPS) is 11.0. The Morgan fingerprint density at radius 1 is 1.07 bits per heavy atom. The van der Waals surface area contributed by atoms with Crippen molar-refractivity contribution in [1.82, 2.24) is 10.3 Å². The maximum absolute atomic E-state index is 12.7. The quantitative estimate of drug-likeness (QED) is 0.602. The van der Waals surface area contributed by atoms with Crippen LogP contribution in [-0.2, 0) is 22.1 Å². The molecule has 0 aliphatic carbocycles. The van der Waals surface area contributed by atoms with Gasteiger partial charge in [-0.05, 0) is 60.0 Å². The van der Waals surface area contributed by atoms with Gasteiger partial charge in [-0.1, -0.05) is 18.2 Å². The number of rotatable bonds is 7. The topological polar surface area (TPSA) is 97.4 Å². The number of hydrogen-bond acceptors (Lipinski definition) is 5. The van der Waals surface area contributed by atoms with E-state index in [1.165, 1.54) is 12.1 Å². The Kier molecular flexibility index (Phi) is 6.68. The van der Waals surface area contributed by atoms with E-state index in [4.69, 9.17) is 4.74 Å². The highest BCUT2D eigenvalue weighted by Gasteiger charge is 2.16. The Bertz CT molecular complexity index is 1110. The molecule has 3 rings (SSSR count). The number of pyridine rings is 1. The van der Waals surface area contributed by atoms with Crippen molar-refractivity contribution in [1.29, 1.82) is 0 Å². The number of ether oxygens (including phenoxy) is 1. The van der Waals surface area contributed by atoms with Crippen molar-refractivity contribution >= 4 is 21.6 Å². The summed E-state index contributed by atoms with van der Waals surface area (Å²) in [7, 11) is -1.98. The van der Waals surface area contributed by atoms with Gasteiger partial charge in [0.25, 0.3) is 0 Å². The second kappa shape index (κ2) is 9.41. The zero-order valence-corrected chi connectivity index (χ0v) is 17.6. The van der Waals surface area contributed by atoms with Crippen LogP contribution in [0.2, 0.25) is 0 Å². The van der Waals surface area contributed by atoms with Gasteiger partial charge in [0.1, 0.15) is 5.75 Å². The molecule has 156 valence electrons. The van der Waals surface area contributed by atoms with E-state index in [0.29, 0.717) is 23.5 Å². The molecule has 0 aliphatic heterocycles. The first-order valence-electron chi connectivity index (χ1n) is 9.27. The Morgan fingerprint density at radius 2 is 1.83 bits per heavy atom. The number of aryl methyl sites for hydroxylation is 1. The van der Waals surface area contributed by atoms with Gasteiger partial charge in [-0.3, -0.25) is 4.98 Å². The zero-order valence-electron chi connectivity index (χ0n) is 16.8. The lowest BCUT2D eigenvalue weighted by molar-refractivity contribution is 0.251. The largest absolute Gasteiger partial charge is 0.496 e. The molecular weight excluding hydrogens is 402 g/mol. The molecule has 0 radical (unpaired) electrons. The van der Waals surface area contributed by atoms with E-state index >= 15 is 0 Å². The summed E-state index contributed by atoms with van der Waals surface area (Å²) in [6.45, 7) is 2.24. The summed E-state index contributed by atoms with van der Waals surface area (Å²) in [4.78, 5) is 16.2. The smallest absolute Gasteiger partial charge is 0.319 e. The van der Waals surface area contributed by atoms with E-state index < -0.39 is 9.84 Å². The molecule has 2 amide bonds. The molecule has 30 heavy (non-hydrogen) atoms. The monoisotopic (exact) mass is 425 g/mol. The van der Waals surface area contributed by atoms with Crippen molar-refractivity contribution in [3.05, 3.63) is 83.7 Å². The van der Waals surface area contributed by atoms with Gasteiger partial charge in [-0.15, -0.1) is 0 Å². The third kappa shape index (κ3) is 5.57. The SMILES string of the molecule is COc1cc(CS(=O)(=O)c2ccc(NC(=O)NCc3cccnc3)cc2)ccc1C. The average Bonchev–Trinajstić information content (AvgIpc) is 2.74. The number of anilines is 1. The number of methoxy groups -OCH3 is 1. The molecule has 1 heterocycles. The lowest BCUT2D eigenvalue weighted by Crippen LogP contribution is -2.28. The van der Waals surface area contributed by atoms with Gasteiger partial charge in [-0.25, -0.2) is 13.2 Å². The molecular formula is C22H23N3O4S. The zero-order chi connectivity index (χ0) is 21.6. The number of nitrogens with zero attached hydrogens (tertiary/aromatic N) is 1. The maximum Gasteiger partial charge on any atom is 0.319 e. The minimum atomic E-state index is -3.53. The summed E-state index contributed by atoms with van der Waals surface area (Å²) >= 11 is 0. The molecule has 2 aromatic carbocycles. The summed E-state index contributed by atoms with van der Waals surface area (Å²) in [5, 5.41) is 5.40. The van der Waals surface area contributed by atoms with Crippen LogP contribution in [0.4, 0.5) is 10.5 Å². The highest BCUT2D eigenvalue weighted by atomic mass is 32.2. The van der Waals surface area contributed by atoms with Crippen LogP contribution in [0, 0.1) is 6.92 Å². The molecule has 0 spiro atoms. The Labute approximate surface area is 176 Å². The van der Waals surface area contributed by atoms with Gasteiger partial charge in [0.05, 0.1) is 17.8 Å². The Balaban J connectivity index is 1.62. The molecule has 3 aromatic rings. The predicted molar refractivity (Wildman–Crippen MR) is 115 cm³/mol. The van der Waals surface area contributed by atoms with Gasteiger partial charge in [0.2, 0.25) is 0 Å². The van der Waals surface area contributed by atoms with E-state index in [9.17, 15) is 13.2 Å². The highest BCUT2D eigenvalue weighted by molar-refractivity contribution is 7.90. The molecule has 7 nitrogen and oxygen atoms in total. The van der Waals surface area contributed by atoms with Crippen molar-refractivity contribution in [2.75, 3.05) is 12.4 Å². The number of carbonyl (C=O) groups is 1. The lowest BCUT2D eigenvalue weighted by atomic mass is 10.1. The second-order valence-corrected chi connectivity index (χ2v) is 8.75. The fraction of sp³-hybridized carbons (Fsp3) is 0.182. The number of aromatic nitrogens is 1. The number of carbonyl (C=O) groups excluding carboxylic acids is 1. The van der Waals surface area contributed by atoms with E-state index in [0.717, 1.165) is 11.1 Å². The fourth-order valence-corrected chi connectivity index (χ4v) is 4.20. The molecule has 8 heteroatoms. The summed E-state index contributed by atoms with van der Waals surface area (Å²) < 4.78 is 30.7. The van der Waals surface area contributed by atoms with Crippen LogP contribution in [0.15, 0.2) is 71.9 Å².